The van der Waals surface area contributed by atoms with Gasteiger partial charge in [-0.05, 0) is 6.42 Å². The summed E-state index contributed by atoms with van der Waals surface area (Å²) in [4.78, 5) is 32.5. The third kappa shape index (κ3) is 4.81. The van der Waals surface area contributed by atoms with Crippen molar-refractivity contribution in [2.75, 3.05) is 13.1 Å². The lowest BCUT2D eigenvalue weighted by molar-refractivity contribution is -0.141. The molecular weight excluding hydrogens is 226 g/mol. The first-order valence-corrected chi connectivity index (χ1v) is 5.49. The third-order valence-electron chi connectivity index (χ3n) is 2.50. The zero-order valence-corrected chi connectivity index (χ0v) is 9.66. The molecule has 0 spiro atoms. The lowest BCUT2D eigenvalue weighted by Gasteiger charge is -2.16. The van der Waals surface area contributed by atoms with Crippen molar-refractivity contribution in [3.05, 3.63) is 0 Å². The summed E-state index contributed by atoms with van der Waals surface area (Å²) in [6.45, 7) is 1.92. The number of amides is 2. The summed E-state index contributed by atoms with van der Waals surface area (Å²) in [5, 5.41) is 16.8. The maximum atomic E-state index is 10.9. The zero-order valence-electron chi connectivity index (χ0n) is 9.66. The fourth-order valence-corrected chi connectivity index (χ4v) is 1.68. The molecule has 1 heterocycles. The second kappa shape index (κ2) is 6.19. The Hall–Kier alpha value is -1.63. The summed E-state index contributed by atoms with van der Waals surface area (Å²) in [5.74, 6) is -1.44. The number of carboxylic acids is 1. The van der Waals surface area contributed by atoms with Crippen molar-refractivity contribution in [2.24, 2.45) is 0 Å². The summed E-state index contributed by atoms with van der Waals surface area (Å²) in [6.07, 6.45) is 1.27. The second-order valence-electron chi connectivity index (χ2n) is 4.05. The van der Waals surface area contributed by atoms with Gasteiger partial charge in [-0.3, -0.25) is 9.59 Å². The Balaban J connectivity index is 2.25. The van der Waals surface area contributed by atoms with E-state index in [0.717, 1.165) is 6.42 Å². The minimum absolute atomic E-state index is 0.0217. The molecule has 0 aliphatic carbocycles. The van der Waals surface area contributed by atoms with Crippen LogP contribution >= 0.6 is 0 Å². The first kappa shape index (κ1) is 13.4. The molecule has 17 heavy (non-hydrogen) atoms. The smallest absolute Gasteiger partial charge is 0.327 e. The molecule has 1 rings (SSSR count). The van der Waals surface area contributed by atoms with Crippen molar-refractivity contribution < 1.29 is 19.5 Å². The van der Waals surface area contributed by atoms with Gasteiger partial charge < -0.3 is 21.1 Å². The maximum Gasteiger partial charge on any atom is 0.327 e. The van der Waals surface area contributed by atoms with Gasteiger partial charge in [0, 0.05) is 32.5 Å². The van der Waals surface area contributed by atoms with Crippen LogP contribution in [0.5, 0.6) is 0 Å². The highest BCUT2D eigenvalue weighted by atomic mass is 16.4. The third-order valence-corrected chi connectivity index (χ3v) is 2.50. The second-order valence-corrected chi connectivity index (χ2v) is 4.05. The highest BCUT2D eigenvalue weighted by molar-refractivity contribution is 5.82. The number of hydrogen-bond acceptors (Lipinski definition) is 4. The lowest BCUT2D eigenvalue weighted by Crippen LogP contribution is -2.48. The quantitative estimate of drug-likeness (QED) is 0.451. The van der Waals surface area contributed by atoms with Crippen LogP contribution in [0.2, 0.25) is 0 Å². The van der Waals surface area contributed by atoms with Crippen LogP contribution in [-0.4, -0.2) is 48.1 Å². The molecule has 0 aromatic carbocycles. The van der Waals surface area contributed by atoms with Crippen molar-refractivity contribution in [3.63, 3.8) is 0 Å². The maximum absolute atomic E-state index is 10.9. The summed E-state index contributed by atoms with van der Waals surface area (Å²) in [5.41, 5.74) is 0. The Morgan fingerprint density at radius 2 is 2.29 bits per heavy atom. The van der Waals surface area contributed by atoms with Gasteiger partial charge in [0.2, 0.25) is 11.8 Å². The van der Waals surface area contributed by atoms with Crippen molar-refractivity contribution >= 4 is 17.8 Å². The van der Waals surface area contributed by atoms with Crippen LogP contribution in [0.25, 0.3) is 0 Å². The van der Waals surface area contributed by atoms with E-state index < -0.39 is 12.0 Å². The van der Waals surface area contributed by atoms with Crippen molar-refractivity contribution in [2.45, 2.75) is 31.8 Å². The Labute approximate surface area is 98.9 Å². The van der Waals surface area contributed by atoms with E-state index in [1.54, 1.807) is 0 Å². The van der Waals surface area contributed by atoms with Crippen molar-refractivity contribution in [1.29, 1.82) is 0 Å². The summed E-state index contributed by atoms with van der Waals surface area (Å²) < 4.78 is 0. The lowest BCUT2D eigenvalue weighted by atomic mass is 10.2. The number of carbonyl (C=O) groups excluding carboxylic acids is 2. The van der Waals surface area contributed by atoms with Crippen LogP contribution in [0.3, 0.4) is 0 Å². The van der Waals surface area contributed by atoms with Gasteiger partial charge in [0.15, 0.2) is 0 Å². The van der Waals surface area contributed by atoms with Gasteiger partial charge in [0.05, 0.1) is 0 Å². The summed E-state index contributed by atoms with van der Waals surface area (Å²) in [6, 6.07) is -0.890. The van der Waals surface area contributed by atoms with Gasteiger partial charge in [-0.25, -0.2) is 4.79 Å². The SMILES string of the molecule is CC(=O)NC(CNCC1CCC(=O)N1)C(=O)O. The Bertz CT molecular complexity index is 319. The largest absolute Gasteiger partial charge is 0.480 e. The molecule has 0 aromatic rings. The number of carbonyl (C=O) groups is 3. The topological polar surface area (TPSA) is 108 Å². The normalized spacial score (nSPS) is 20.8. The molecule has 1 saturated heterocycles. The first-order valence-electron chi connectivity index (χ1n) is 5.49. The Kier molecular flexibility index (Phi) is 4.89. The summed E-state index contributed by atoms with van der Waals surface area (Å²) in [7, 11) is 0. The van der Waals surface area contributed by atoms with E-state index in [4.69, 9.17) is 5.11 Å². The number of nitrogens with one attached hydrogen (secondary N) is 3. The molecule has 1 aliphatic rings. The fraction of sp³-hybridized carbons (Fsp3) is 0.700. The highest BCUT2D eigenvalue weighted by Crippen LogP contribution is 2.04. The van der Waals surface area contributed by atoms with Gasteiger partial charge in [-0.15, -0.1) is 0 Å². The minimum Gasteiger partial charge on any atom is -0.480 e. The van der Waals surface area contributed by atoms with E-state index in [9.17, 15) is 14.4 Å². The highest BCUT2D eigenvalue weighted by Gasteiger charge is 2.22. The van der Waals surface area contributed by atoms with E-state index in [-0.39, 0.29) is 24.4 Å². The average molecular weight is 243 g/mol. The molecule has 0 aromatic heterocycles. The molecule has 0 saturated carbocycles. The van der Waals surface area contributed by atoms with Crippen molar-refractivity contribution in [1.82, 2.24) is 16.0 Å². The molecule has 2 atom stereocenters. The van der Waals surface area contributed by atoms with E-state index >= 15 is 0 Å². The van der Waals surface area contributed by atoms with Crippen LogP contribution in [0, 0.1) is 0 Å². The van der Waals surface area contributed by atoms with Gasteiger partial charge in [-0.1, -0.05) is 0 Å². The number of rotatable bonds is 6. The molecule has 1 aliphatic heterocycles. The molecule has 0 bridgehead atoms. The molecule has 1 fully saturated rings. The number of aliphatic carboxylic acids is 1. The molecule has 0 radical (unpaired) electrons. The number of carboxylic acid groups (broad SMARTS) is 1. The van der Waals surface area contributed by atoms with Gasteiger partial charge in [-0.2, -0.15) is 0 Å². The summed E-state index contributed by atoms with van der Waals surface area (Å²) >= 11 is 0. The predicted octanol–water partition coefficient (Wildman–Crippen LogP) is -1.56. The Morgan fingerprint density at radius 3 is 2.76 bits per heavy atom. The molecule has 4 N–H and O–H groups in total. The van der Waals surface area contributed by atoms with Gasteiger partial charge >= 0.3 is 5.97 Å². The van der Waals surface area contributed by atoms with E-state index in [2.05, 4.69) is 16.0 Å². The number of hydrogen-bond donors (Lipinski definition) is 4. The van der Waals surface area contributed by atoms with E-state index in [0.29, 0.717) is 13.0 Å². The molecule has 96 valence electrons. The molecule has 2 amide bonds. The van der Waals surface area contributed by atoms with E-state index in [1.165, 1.54) is 6.92 Å². The monoisotopic (exact) mass is 243 g/mol. The molecule has 2 unspecified atom stereocenters. The Morgan fingerprint density at radius 1 is 1.59 bits per heavy atom. The molecule has 7 nitrogen and oxygen atoms in total. The molecular formula is C10H17N3O4. The zero-order chi connectivity index (χ0) is 12.8. The average Bonchev–Trinajstić information content (AvgIpc) is 2.62. The van der Waals surface area contributed by atoms with Crippen LogP contribution in [0.15, 0.2) is 0 Å². The predicted molar refractivity (Wildman–Crippen MR) is 59.3 cm³/mol. The van der Waals surface area contributed by atoms with Crippen LogP contribution in [-0.2, 0) is 14.4 Å². The van der Waals surface area contributed by atoms with Gasteiger partial charge in [0.1, 0.15) is 6.04 Å². The van der Waals surface area contributed by atoms with Crippen LogP contribution in [0.1, 0.15) is 19.8 Å². The van der Waals surface area contributed by atoms with Crippen LogP contribution < -0.4 is 16.0 Å². The first-order chi connectivity index (χ1) is 7.99. The standard InChI is InChI=1S/C10H17N3O4/c1-6(14)12-8(10(16)17)5-11-4-7-2-3-9(15)13-7/h7-8,11H,2-5H2,1H3,(H,12,14)(H,13,15)(H,16,17). The van der Waals surface area contributed by atoms with E-state index in [1.807, 2.05) is 0 Å². The van der Waals surface area contributed by atoms with Gasteiger partial charge in [0.25, 0.3) is 0 Å². The fourth-order valence-electron chi connectivity index (χ4n) is 1.68. The van der Waals surface area contributed by atoms with Crippen molar-refractivity contribution in [3.8, 4) is 0 Å². The van der Waals surface area contributed by atoms with Crippen LogP contribution in [0.4, 0.5) is 0 Å². The molecule has 7 heteroatoms. The minimum atomic E-state index is -1.08.